The zero-order valence-electron chi connectivity index (χ0n) is 12.8. The van der Waals surface area contributed by atoms with E-state index in [1.807, 2.05) is 6.07 Å². The molecular formula is C17H15Cl2N3O2. The van der Waals surface area contributed by atoms with Crippen LogP contribution in [0.1, 0.15) is 6.92 Å². The third kappa shape index (κ3) is 5.01. The monoisotopic (exact) mass is 363 g/mol. The molecule has 0 atom stereocenters. The molecule has 2 aromatic rings. The fraction of sp³-hybridized carbons (Fsp3) is 0.0588. The normalized spacial score (nSPS) is 12.0. The molecule has 0 bridgehead atoms. The van der Waals surface area contributed by atoms with Gasteiger partial charge in [0.15, 0.2) is 0 Å². The van der Waals surface area contributed by atoms with Crippen molar-refractivity contribution < 1.29 is 9.90 Å². The lowest BCUT2D eigenvalue weighted by molar-refractivity contribution is -0.112. The molecule has 3 N–H and O–H groups in total. The molecule has 0 aliphatic rings. The van der Waals surface area contributed by atoms with Crippen molar-refractivity contribution in [2.75, 3.05) is 10.7 Å². The Kier molecular flexibility index (Phi) is 6.23. The van der Waals surface area contributed by atoms with Gasteiger partial charge in [0.1, 0.15) is 5.76 Å². The van der Waals surface area contributed by atoms with E-state index in [9.17, 15) is 9.90 Å². The van der Waals surface area contributed by atoms with E-state index < -0.39 is 5.91 Å². The van der Waals surface area contributed by atoms with Crippen LogP contribution in [0.2, 0.25) is 10.0 Å². The highest BCUT2D eigenvalue weighted by molar-refractivity contribution is 6.35. The molecule has 7 heteroatoms. The molecule has 24 heavy (non-hydrogen) atoms. The summed E-state index contributed by atoms with van der Waals surface area (Å²) in [6.07, 6.45) is 1.21. The third-order valence-electron chi connectivity index (χ3n) is 2.97. The third-order valence-corrected chi connectivity index (χ3v) is 3.54. The number of nitrogens with one attached hydrogen (secondary N) is 2. The first-order valence-electron chi connectivity index (χ1n) is 6.97. The average Bonchev–Trinajstić information content (AvgIpc) is 2.55. The number of benzene rings is 2. The Morgan fingerprint density at radius 1 is 1.17 bits per heavy atom. The molecular weight excluding hydrogens is 349 g/mol. The molecule has 2 rings (SSSR count). The first kappa shape index (κ1) is 17.8. The summed E-state index contributed by atoms with van der Waals surface area (Å²) in [5.41, 5.74) is 3.80. The minimum atomic E-state index is -0.482. The molecule has 0 aliphatic heterocycles. The number of halogens is 2. The van der Waals surface area contributed by atoms with E-state index in [1.54, 1.807) is 42.5 Å². The maximum Gasteiger partial charge on any atom is 0.260 e. The van der Waals surface area contributed by atoms with Crippen LogP contribution in [0.15, 0.2) is 65.0 Å². The molecule has 0 heterocycles. The van der Waals surface area contributed by atoms with Gasteiger partial charge in [-0.15, -0.1) is 0 Å². The molecule has 5 nitrogen and oxygen atoms in total. The van der Waals surface area contributed by atoms with Crippen molar-refractivity contribution in [1.29, 1.82) is 0 Å². The van der Waals surface area contributed by atoms with Crippen molar-refractivity contribution in [1.82, 2.24) is 0 Å². The molecule has 0 radical (unpaired) electrons. The van der Waals surface area contributed by atoms with E-state index in [1.165, 1.54) is 13.1 Å². The standard InChI is InChI=1S/C17H15Cl2N3O2/c1-11(23)14(17(24)21-13-5-3-2-4-6-13)10-20-22-16-9-12(18)7-8-15(16)19/h2-10,22-23H,1H3,(H,21,24)/b14-11-,20-10+. The van der Waals surface area contributed by atoms with Gasteiger partial charge in [0.05, 0.1) is 22.5 Å². The Morgan fingerprint density at radius 3 is 2.54 bits per heavy atom. The average molecular weight is 364 g/mol. The summed E-state index contributed by atoms with van der Waals surface area (Å²) in [7, 11) is 0. The smallest absolute Gasteiger partial charge is 0.260 e. The zero-order valence-corrected chi connectivity index (χ0v) is 14.3. The summed E-state index contributed by atoms with van der Waals surface area (Å²) in [5.74, 6) is -0.643. The predicted molar refractivity (Wildman–Crippen MR) is 99.0 cm³/mol. The van der Waals surface area contributed by atoms with Crippen LogP contribution in [0.3, 0.4) is 0 Å². The molecule has 0 aromatic heterocycles. The number of hydrogen-bond donors (Lipinski definition) is 3. The number of para-hydroxylation sites is 1. The number of aliphatic hydroxyl groups excluding tert-OH is 1. The molecule has 1 amide bonds. The maximum absolute atomic E-state index is 12.2. The Labute approximate surface area is 149 Å². The van der Waals surface area contributed by atoms with Gasteiger partial charge >= 0.3 is 0 Å². The lowest BCUT2D eigenvalue weighted by atomic mass is 10.2. The van der Waals surface area contributed by atoms with E-state index in [2.05, 4.69) is 15.8 Å². The fourth-order valence-corrected chi connectivity index (χ4v) is 2.12. The van der Waals surface area contributed by atoms with E-state index in [4.69, 9.17) is 23.2 Å². The van der Waals surface area contributed by atoms with E-state index in [0.29, 0.717) is 21.4 Å². The molecule has 0 unspecified atom stereocenters. The van der Waals surface area contributed by atoms with Crippen molar-refractivity contribution in [3.05, 3.63) is 69.9 Å². The molecule has 124 valence electrons. The zero-order chi connectivity index (χ0) is 17.5. The number of hydrazone groups is 1. The molecule has 0 fully saturated rings. The van der Waals surface area contributed by atoms with Crippen LogP contribution in [-0.4, -0.2) is 17.2 Å². The van der Waals surface area contributed by atoms with Gasteiger partial charge in [0, 0.05) is 10.7 Å². The minimum absolute atomic E-state index is 0.0181. The molecule has 0 saturated carbocycles. The van der Waals surface area contributed by atoms with Crippen LogP contribution in [0.25, 0.3) is 0 Å². The number of nitrogens with zero attached hydrogens (tertiary/aromatic N) is 1. The number of amides is 1. The van der Waals surface area contributed by atoms with Gasteiger partial charge in [-0.1, -0.05) is 41.4 Å². The van der Waals surface area contributed by atoms with Crippen molar-refractivity contribution in [2.24, 2.45) is 5.10 Å². The van der Waals surface area contributed by atoms with Gasteiger partial charge in [-0.05, 0) is 37.3 Å². The van der Waals surface area contributed by atoms with Crippen LogP contribution >= 0.6 is 23.2 Å². The highest BCUT2D eigenvalue weighted by Gasteiger charge is 2.11. The first-order chi connectivity index (χ1) is 11.5. The van der Waals surface area contributed by atoms with Gasteiger partial charge in [-0.25, -0.2) is 0 Å². The maximum atomic E-state index is 12.2. The van der Waals surface area contributed by atoms with Gasteiger partial charge in [-0.3, -0.25) is 10.2 Å². The Balaban J connectivity index is 2.10. The molecule has 0 spiro atoms. The topological polar surface area (TPSA) is 73.7 Å². The largest absolute Gasteiger partial charge is 0.512 e. The van der Waals surface area contributed by atoms with Crippen LogP contribution < -0.4 is 10.7 Å². The summed E-state index contributed by atoms with van der Waals surface area (Å²) < 4.78 is 0. The highest BCUT2D eigenvalue weighted by Crippen LogP contribution is 2.25. The number of hydrogen-bond acceptors (Lipinski definition) is 4. The fourth-order valence-electron chi connectivity index (χ4n) is 1.79. The van der Waals surface area contributed by atoms with Crippen molar-refractivity contribution in [2.45, 2.75) is 6.92 Å². The van der Waals surface area contributed by atoms with Crippen LogP contribution in [0.5, 0.6) is 0 Å². The van der Waals surface area contributed by atoms with Crippen molar-refractivity contribution in [3.63, 3.8) is 0 Å². The second-order valence-electron chi connectivity index (χ2n) is 4.81. The summed E-state index contributed by atoms with van der Waals surface area (Å²) in [6.45, 7) is 1.40. The van der Waals surface area contributed by atoms with Gasteiger partial charge < -0.3 is 10.4 Å². The number of anilines is 2. The predicted octanol–water partition coefficient (Wildman–Crippen LogP) is 4.86. The summed E-state index contributed by atoms with van der Waals surface area (Å²) in [5, 5.41) is 17.2. The second kappa shape index (κ2) is 8.38. The minimum Gasteiger partial charge on any atom is -0.512 e. The molecule has 0 aliphatic carbocycles. The van der Waals surface area contributed by atoms with Crippen LogP contribution in [-0.2, 0) is 4.79 Å². The Bertz CT molecular complexity index is 786. The highest BCUT2D eigenvalue weighted by atomic mass is 35.5. The summed E-state index contributed by atoms with van der Waals surface area (Å²) in [4.78, 5) is 12.2. The Hall–Kier alpha value is -2.50. The summed E-state index contributed by atoms with van der Waals surface area (Å²) in [6, 6.07) is 13.8. The number of aliphatic hydroxyl groups is 1. The number of rotatable bonds is 5. The Morgan fingerprint density at radius 2 is 1.88 bits per heavy atom. The molecule has 2 aromatic carbocycles. The van der Waals surface area contributed by atoms with Crippen LogP contribution in [0, 0.1) is 0 Å². The quantitative estimate of drug-likeness (QED) is 0.307. The van der Waals surface area contributed by atoms with E-state index in [-0.39, 0.29) is 11.3 Å². The van der Waals surface area contributed by atoms with Crippen molar-refractivity contribution >= 4 is 46.7 Å². The van der Waals surface area contributed by atoms with Crippen molar-refractivity contribution in [3.8, 4) is 0 Å². The number of allylic oxidation sites excluding steroid dienone is 1. The number of carbonyl (C=O) groups is 1. The summed E-state index contributed by atoms with van der Waals surface area (Å²) >= 11 is 11.9. The van der Waals surface area contributed by atoms with E-state index in [0.717, 1.165) is 0 Å². The van der Waals surface area contributed by atoms with Gasteiger partial charge in [0.2, 0.25) is 0 Å². The lowest BCUT2D eigenvalue weighted by Crippen LogP contribution is -2.17. The SMILES string of the molecule is C/C(O)=C(\C=N\Nc1cc(Cl)ccc1Cl)C(=O)Nc1ccccc1. The molecule has 0 saturated heterocycles. The van der Waals surface area contributed by atoms with E-state index >= 15 is 0 Å². The second-order valence-corrected chi connectivity index (χ2v) is 5.66. The lowest BCUT2D eigenvalue weighted by Gasteiger charge is -2.07. The van der Waals surface area contributed by atoms with Crippen LogP contribution in [0.4, 0.5) is 11.4 Å². The van der Waals surface area contributed by atoms with Gasteiger partial charge in [-0.2, -0.15) is 5.10 Å². The van der Waals surface area contributed by atoms with Gasteiger partial charge in [0.25, 0.3) is 5.91 Å². The first-order valence-corrected chi connectivity index (χ1v) is 7.73. The number of carbonyl (C=O) groups excluding carboxylic acids is 1.